The summed E-state index contributed by atoms with van der Waals surface area (Å²) < 4.78 is 0. The molecule has 0 atom stereocenters. The maximum atomic E-state index is 10.8. The fraction of sp³-hybridized carbons (Fsp3) is 0. The van der Waals surface area contributed by atoms with Crippen LogP contribution in [0.25, 0.3) is 0 Å². The van der Waals surface area contributed by atoms with Gasteiger partial charge in [0.1, 0.15) is 0 Å². The van der Waals surface area contributed by atoms with Gasteiger partial charge < -0.3 is 5.11 Å². The number of hydrogen-bond donors (Lipinski definition) is 3. The molecule has 4 N–H and O–H groups in total. The van der Waals surface area contributed by atoms with E-state index in [0.29, 0.717) is 11.1 Å². The Bertz CT molecular complexity index is 527. The minimum absolute atomic E-state index is 0.263. The summed E-state index contributed by atoms with van der Waals surface area (Å²) in [7, 11) is 0. The average molecular weight is 258 g/mol. The molecule has 5 nitrogen and oxygen atoms in total. The first-order chi connectivity index (χ1) is 9.15. The summed E-state index contributed by atoms with van der Waals surface area (Å²) in [6.45, 7) is 0. The Morgan fingerprint density at radius 1 is 0.842 bits per heavy atom. The standard InChI is InChI=1S/C7H8N2O.C7H6O2/c8-9-7(10)6-4-2-1-3-5-6;8-7(9)6-4-2-1-3-5-6/h1-5H,8H2,(H,9,10);1-5H,(H,8,9). The van der Waals surface area contributed by atoms with E-state index in [2.05, 4.69) is 0 Å². The van der Waals surface area contributed by atoms with Gasteiger partial charge in [-0.2, -0.15) is 0 Å². The second kappa shape index (κ2) is 7.62. The Balaban J connectivity index is 0.000000191. The molecule has 19 heavy (non-hydrogen) atoms. The molecule has 0 fully saturated rings. The number of nitrogens with two attached hydrogens (primary N) is 1. The Kier molecular flexibility index (Phi) is 5.78. The van der Waals surface area contributed by atoms with Gasteiger partial charge in [-0.15, -0.1) is 0 Å². The van der Waals surface area contributed by atoms with Gasteiger partial charge in [0.25, 0.3) is 5.91 Å². The molecular formula is C14H14N2O3. The van der Waals surface area contributed by atoms with E-state index in [1.165, 1.54) is 0 Å². The summed E-state index contributed by atoms with van der Waals surface area (Å²) in [5.74, 6) is 3.76. The Hall–Kier alpha value is -2.66. The van der Waals surface area contributed by atoms with E-state index in [9.17, 15) is 9.59 Å². The van der Waals surface area contributed by atoms with E-state index in [1.807, 2.05) is 11.5 Å². The van der Waals surface area contributed by atoms with Crippen molar-refractivity contribution in [3.63, 3.8) is 0 Å². The van der Waals surface area contributed by atoms with Crippen molar-refractivity contribution in [2.75, 3.05) is 0 Å². The maximum absolute atomic E-state index is 10.8. The lowest BCUT2D eigenvalue weighted by molar-refractivity contribution is 0.0696. The summed E-state index contributed by atoms with van der Waals surface area (Å²) in [5.41, 5.74) is 2.95. The number of aromatic carboxylic acids is 1. The lowest BCUT2D eigenvalue weighted by Crippen LogP contribution is -2.29. The largest absolute Gasteiger partial charge is 0.478 e. The third kappa shape index (κ3) is 5.01. The quantitative estimate of drug-likeness (QED) is 0.434. The molecule has 0 bridgehead atoms. The summed E-state index contributed by atoms with van der Waals surface area (Å²) in [4.78, 5) is 21.0. The van der Waals surface area contributed by atoms with E-state index in [0.717, 1.165) is 0 Å². The SMILES string of the molecule is NNC(=O)c1ccccc1.O=C(O)c1ccccc1. The number of carboxylic acid groups (broad SMARTS) is 1. The molecule has 98 valence electrons. The second-order valence-electron chi connectivity index (χ2n) is 3.51. The number of carbonyl (C=O) groups is 2. The number of nitrogens with one attached hydrogen (secondary N) is 1. The highest BCUT2D eigenvalue weighted by Gasteiger charge is 1.98. The normalized spacial score (nSPS) is 8.89. The molecule has 0 radical (unpaired) electrons. The molecule has 0 unspecified atom stereocenters. The fourth-order valence-corrected chi connectivity index (χ4v) is 1.25. The van der Waals surface area contributed by atoms with Crippen molar-refractivity contribution in [1.29, 1.82) is 0 Å². The van der Waals surface area contributed by atoms with Crippen molar-refractivity contribution < 1.29 is 14.7 Å². The van der Waals surface area contributed by atoms with Gasteiger partial charge in [0.15, 0.2) is 0 Å². The van der Waals surface area contributed by atoms with Gasteiger partial charge in [0, 0.05) is 5.56 Å². The third-order valence-electron chi connectivity index (χ3n) is 2.19. The van der Waals surface area contributed by atoms with Crippen LogP contribution >= 0.6 is 0 Å². The Labute approximate surface area is 110 Å². The van der Waals surface area contributed by atoms with E-state index >= 15 is 0 Å². The summed E-state index contributed by atoms with van der Waals surface area (Å²) in [6, 6.07) is 17.1. The molecule has 0 aliphatic rings. The molecule has 0 aliphatic heterocycles. The van der Waals surface area contributed by atoms with Crippen molar-refractivity contribution in [3.05, 3.63) is 71.8 Å². The zero-order chi connectivity index (χ0) is 14.1. The van der Waals surface area contributed by atoms with Crippen LogP contribution in [-0.2, 0) is 0 Å². The number of benzene rings is 2. The first-order valence-electron chi connectivity index (χ1n) is 5.49. The fourth-order valence-electron chi connectivity index (χ4n) is 1.25. The number of hydrazine groups is 1. The number of nitrogen functional groups attached to an aromatic ring is 1. The first-order valence-corrected chi connectivity index (χ1v) is 5.49. The zero-order valence-electron chi connectivity index (χ0n) is 10.1. The van der Waals surface area contributed by atoms with E-state index < -0.39 is 5.97 Å². The highest BCUT2D eigenvalue weighted by Crippen LogP contribution is 1.96. The molecule has 0 heterocycles. The van der Waals surface area contributed by atoms with Gasteiger partial charge >= 0.3 is 5.97 Å². The predicted octanol–water partition coefficient (Wildman–Crippen LogP) is 1.67. The van der Waals surface area contributed by atoms with Crippen LogP contribution in [0.4, 0.5) is 0 Å². The predicted molar refractivity (Wildman–Crippen MR) is 71.5 cm³/mol. The van der Waals surface area contributed by atoms with Gasteiger partial charge in [0.05, 0.1) is 5.56 Å². The highest BCUT2D eigenvalue weighted by atomic mass is 16.4. The van der Waals surface area contributed by atoms with E-state index in [1.54, 1.807) is 54.6 Å². The number of rotatable bonds is 2. The second-order valence-corrected chi connectivity index (χ2v) is 3.51. The molecule has 1 amide bonds. The number of amides is 1. The molecule has 0 saturated carbocycles. The Morgan fingerprint density at radius 3 is 1.58 bits per heavy atom. The molecule has 0 aliphatic carbocycles. The highest BCUT2D eigenvalue weighted by molar-refractivity contribution is 5.93. The van der Waals surface area contributed by atoms with Crippen LogP contribution < -0.4 is 11.3 Å². The summed E-state index contributed by atoms with van der Waals surface area (Å²) in [5, 5.41) is 8.38. The smallest absolute Gasteiger partial charge is 0.335 e. The number of carbonyl (C=O) groups excluding carboxylic acids is 1. The van der Waals surface area contributed by atoms with Gasteiger partial charge in [-0.05, 0) is 24.3 Å². The van der Waals surface area contributed by atoms with Crippen LogP contribution in [0.1, 0.15) is 20.7 Å². The minimum Gasteiger partial charge on any atom is -0.478 e. The van der Waals surface area contributed by atoms with Crippen LogP contribution in [0.15, 0.2) is 60.7 Å². The van der Waals surface area contributed by atoms with Crippen molar-refractivity contribution in [2.45, 2.75) is 0 Å². The third-order valence-corrected chi connectivity index (χ3v) is 2.19. The van der Waals surface area contributed by atoms with Gasteiger partial charge in [-0.25, -0.2) is 10.6 Å². The molecule has 0 spiro atoms. The van der Waals surface area contributed by atoms with Gasteiger partial charge in [0.2, 0.25) is 0 Å². The summed E-state index contributed by atoms with van der Waals surface area (Å²) >= 11 is 0. The maximum Gasteiger partial charge on any atom is 0.335 e. The van der Waals surface area contributed by atoms with Crippen LogP contribution in [0, 0.1) is 0 Å². The average Bonchev–Trinajstić information content (AvgIpc) is 2.49. The van der Waals surface area contributed by atoms with E-state index in [-0.39, 0.29) is 5.91 Å². The van der Waals surface area contributed by atoms with Crippen molar-refractivity contribution in [1.82, 2.24) is 5.43 Å². The topological polar surface area (TPSA) is 92.4 Å². The molecule has 0 aromatic heterocycles. The number of hydrogen-bond acceptors (Lipinski definition) is 3. The monoisotopic (exact) mass is 258 g/mol. The Morgan fingerprint density at radius 2 is 1.26 bits per heavy atom. The molecule has 5 heteroatoms. The molecule has 2 rings (SSSR count). The number of carboxylic acids is 1. The molecule has 0 saturated heterocycles. The van der Waals surface area contributed by atoms with Crippen molar-refractivity contribution in [2.24, 2.45) is 5.84 Å². The van der Waals surface area contributed by atoms with Gasteiger partial charge in [-0.3, -0.25) is 10.2 Å². The van der Waals surface area contributed by atoms with Crippen molar-refractivity contribution >= 4 is 11.9 Å². The van der Waals surface area contributed by atoms with Crippen LogP contribution in [0.5, 0.6) is 0 Å². The lowest BCUT2D eigenvalue weighted by Gasteiger charge is -1.95. The zero-order valence-corrected chi connectivity index (χ0v) is 10.1. The molecular weight excluding hydrogens is 244 g/mol. The van der Waals surface area contributed by atoms with Crippen LogP contribution in [-0.4, -0.2) is 17.0 Å². The minimum atomic E-state index is -0.879. The molecule has 2 aromatic rings. The van der Waals surface area contributed by atoms with Gasteiger partial charge in [-0.1, -0.05) is 36.4 Å². The summed E-state index contributed by atoms with van der Waals surface area (Å²) in [6.07, 6.45) is 0. The lowest BCUT2D eigenvalue weighted by atomic mass is 10.2. The van der Waals surface area contributed by atoms with Crippen LogP contribution in [0.2, 0.25) is 0 Å². The first kappa shape index (κ1) is 14.4. The van der Waals surface area contributed by atoms with Crippen LogP contribution in [0.3, 0.4) is 0 Å². The molecule has 2 aromatic carbocycles. The van der Waals surface area contributed by atoms with E-state index in [4.69, 9.17) is 10.9 Å². The van der Waals surface area contributed by atoms with Crippen molar-refractivity contribution in [3.8, 4) is 0 Å².